The van der Waals surface area contributed by atoms with Crippen molar-refractivity contribution in [3.63, 3.8) is 0 Å². The normalized spacial score (nSPS) is 12.4. The van der Waals surface area contributed by atoms with Crippen LogP contribution in [-0.4, -0.2) is 33.6 Å². The summed E-state index contributed by atoms with van der Waals surface area (Å²) in [5.41, 5.74) is 0. The number of carbonyl (C=O) groups excluding carboxylic acids is 1. The van der Waals surface area contributed by atoms with Gasteiger partial charge in [-0.15, -0.1) is 0 Å². The van der Waals surface area contributed by atoms with E-state index in [1.54, 1.807) is 24.2 Å². The summed E-state index contributed by atoms with van der Waals surface area (Å²) in [4.78, 5) is 15.2. The third-order valence-corrected chi connectivity index (χ3v) is 3.01. The summed E-state index contributed by atoms with van der Waals surface area (Å²) in [5.74, 6) is 0. The molecule has 0 aromatic carbocycles. The van der Waals surface area contributed by atoms with Crippen molar-refractivity contribution in [1.82, 2.24) is 14.9 Å². The van der Waals surface area contributed by atoms with Gasteiger partial charge in [-0.1, -0.05) is 6.92 Å². The first kappa shape index (κ1) is 11.1. The lowest BCUT2D eigenvalue weighted by atomic mass is 10.3. The maximum Gasteiger partial charge on any atom is 0.326 e. The van der Waals surface area contributed by atoms with E-state index in [2.05, 4.69) is 23.5 Å². The number of rotatable bonds is 4. The van der Waals surface area contributed by atoms with Crippen LogP contribution in [-0.2, 0) is 0 Å². The number of thioether (sulfide) groups is 1. The Morgan fingerprint density at radius 3 is 3.07 bits per heavy atom. The van der Waals surface area contributed by atoms with Crippen molar-refractivity contribution in [2.45, 2.75) is 18.6 Å². The number of hydrogen-bond donors (Lipinski definition) is 1. The van der Waals surface area contributed by atoms with E-state index in [0.29, 0.717) is 11.8 Å². The average molecular weight is 213 g/mol. The molecular formula is C9H15N3OS. The molecular weight excluding hydrogens is 198 g/mol. The Bertz CT molecular complexity index is 274. The summed E-state index contributed by atoms with van der Waals surface area (Å²) >= 11 is 1.80. The third kappa shape index (κ3) is 3.41. The number of imidazole rings is 1. The predicted octanol–water partition coefficient (Wildman–Crippen LogP) is 1.58. The third-order valence-electron chi connectivity index (χ3n) is 1.97. The van der Waals surface area contributed by atoms with Crippen molar-refractivity contribution in [2.75, 3.05) is 12.8 Å². The predicted molar refractivity (Wildman–Crippen MR) is 58.6 cm³/mol. The number of amides is 1. The Hall–Kier alpha value is -0.970. The van der Waals surface area contributed by atoms with Crippen LogP contribution in [0, 0.1) is 0 Å². The molecule has 1 unspecified atom stereocenters. The maximum atomic E-state index is 11.4. The monoisotopic (exact) mass is 213 g/mol. The lowest BCUT2D eigenvalue weighted by molar-refractivity contribution is 0.242. The van der Waals surface area contributed by atoms with Crippen LogP contribution < -0.4 is 5.32 Å². The van der Waals surface area contributed by atoms with E-state index >= 15 is 0 Å². The number of hydrogen-bond acceptors (Lipinski definition) is 3. The first-order chi connectivity index (χ1) is 6.74. The highest BCUT2D eigenvalue weighted by atomic mass is 32.2. The molecule has 0 aliphatic rings. The second kappa shape index (κ2) is 5.70. The van der Waals surface area contributed by atoms with Crippen LogP contribution in [0.1, 0.15) is 13.3 Å². The molecule has 78 valence electrons. The first-order valence-electron chi connectivity index (χ1n) is 4.53. The molecule has 4 nitrogen and oxygen atoms in total. The molecule has 0 saturated carbocycles. The summed E-state index contributed by atoms with van der Waals surface area (Å²) in [6.45, 7) is 2.85. The molecule has 1 amide bonds. The van der Waals surface area contributed by atoms with Crippen LogP contribution in [0.15, 0.2) is 18.7 Å². The van der Waals surface area contributed by atoms with Crippen LogP contribution in [0.4, 0.5) is 4.79 Å². The number of aromatic nitrogens is 2. The smallest absolute Gasteiger partial charge is 0.326 e. The Kier molecular flexibility index (Phi) is 4.52. The standard InChI is InChI=1S/C9H15N3OS/c1-8(14-2)3-4-11-9(13)12-6-5-10-7-12/h5-8H,3-4H2,1-2H3,(H,11,13). The van der Waals surface area contributed by atoms with Gasteiger partial charge in [0.2, 0.25) is 0 Å². The van der Waals surface area contributed by atoms with Gasteiger partial charge in [0.15, 0.2) is 0 Å². The van der Waals surface area contributed by atoms with E-state index in [1.165, 1.54) is 10.9 Å². The van der Waals surface area contributed by atoms with Crippen molar-refractivity contribution in [3.05, 3.63) is 18.7 Å². The quantitative estimate of drug-likeness (QED) is 0.826. The van der Waals surface area contributed by atoms with E-state index < -0.39 is 0 Å². The van der Waals surface area contributed by atoms with Gasteiger partial charge >= 0.3 is 6.03 Å². The van der Waals surface area contributed by atoms with Crippen molar-refractivity contribution < 1.29 is 4.79 Å². The summed E-state index contributed by atoms with van der Waals surface area (Å²) in [7, 11) is 0. The number of nitrogens with one attached hydrogen (secondary N) is 1. The second-order valence-electron chi connectivity index (χ2n) is 3.04. The Labute approximate surface area is 88.1 Å². The molecule has 1 atom stereocenters. The first-order valence-corrected chi connectivity index (χ1v) is 5.81. The molecule has 0 radical (unpaired) electrons. The molecule has 0 aliphatic carbocycles. The topological polar surface area (TPSA) is 46.9 Å². The molecule has 0 aliphatic heterocycles. The molecule has 0 spiro atoms. The molecule has 1 aromatic heterocycles. The van der Waals surface area contributed by atoms with Gasteiger partial charge in [0.05, 0.1) is 0 Å². The number of carbonyl (C=O) groups is 1. The molecule has 1 rings (SSSR count). The van der Waals surface area contributed by atoms with Gasteiger partial charge in [-0.2, -0.15) is 11.8 Å². The molecule has 5 heteroatoms. The van der Waals surface area contributed by atoms with E-state index in [-0.39, 0.29) is 6.03 Å². The highest BCUT2D eigenvalue weighted by molar-refractivity contribution is 7.99. The zero-order valence-electron chi connectivity index (χ0n) is 8.43. The van der Waals surface area contributed by atoms with Crippen molar-refractivity contribution in [1.29, 1.82) is 0 Å². The Balaban J connectivity index is 2.23. The highest BCUT2D eigenvalue weighted by Gasteiger charge is 2.03. The van der Waals surface area contributed by atoms with Crippen molar-refractivity contribution >= 4 is 17.8 Å². The Morgan fingerprint density at radius 1 is 1.71 bits per heavy atom. The number of nitrogens with zero attached hydrogens (tertiary/aromatic N) is 2. The van der Waals surface area contributed by atoms with Gasteiger partial charge < -0.3 is 5.32 Å². The Morgan fingerprint density at radius 2 is 2.50 bits per heavy atom. The SMILES string of the molecule is CSC(C)CCNC(=O)n1ccnc1. The fourth-order valence-electron chi connectivity index (χ4n) is 0.971. The van der Waals surface area contributed by atoms with E-state index in [0.717, 1.165) is 6.42 Å². The van der Waals surface area contributed by atoms with Crippen LogP contribution in [0.5, 0.6) is 0 Å². The molecule has 0 fully saturated rings. The van der Waals surface area contributed by atoms with E-state index in [1.807, 2.05) is 0 Å². The van der Waals surface area contributed by atoms with Crippen LogP contribution >= 0.6 is 11.8 Å². The van der Waals surface area contributed by atoms with Crippen LogP contribution in [0.3, 0.4) is 0 Å². The minimum atomic E-state index is -0.115. The molecule has 1 aromatic rings. The summed E-state index contributed by atoms with van der Waals surface area (Å²) < 4.78 is 1.43. The van der Waals surface area contributed by atoms with Crippen LogP contribution in [0.2, 0.25) is 0 Å². The van der Waals surface area contributed by atoms with Crippen LogP contribution in [0.25, 0.3) is 0 Å². The van der Waals surface area contributed by atoms with Gasteiger partial charge in [0.25, 0.3) is 0 Å². The van der Waals surface area contributed by atoms with E-state index in [9.17, 15) is 4.79 Å². The fraction of sp³-hybridized carbons (Fsp3) is 0.556. The van der Waals surface area contributed by atoms with Crippen molar-refractivity contribution in [2.24, 2.45) is 0 Å². The van der Waals surface area contributed by atoms with Gasteiger partial charge in [-0.25, -0.2) is 9.78 Å². The lowest BCUT2D eigenvalue weighted by Crippen LogP contribution is -2.29. The zero-order chi connectivity index (χ0) is 10.4. The van der Waals surface area contributed by atoms with E-state index in [4.69, 9.17) is 0 Å². The van der Waals surface area contributed by atoms with Gasteiger partial charge in [0, 0.05) is 24.2 Å². The largest absolute Gasteiger partial charge is 0.337 e. The minimum absolute atomic E-state index is 0.115. The zero-order valence-corrected chi connectivity index (χ0v) is 9.25. The molecule has 14 heavy (non-hydrogen) atoms. The average Bonchev–Trinajstić information content (AvgIpc) is 2.70. The van der Waals surface area contributed by atoms with Gasteiger partial charge in [-0.3, -0.25) is 4.57 Å². The summed E-state index contributed by atoms with van der Waals surface area (Å²) in [6.07, 6.45) is 7.77. The maximum absolute atomic E-state index is 11.4. The second-order valence-corrected chi connectivity index (χ2v) is 4.31. The summed E-state index contributed by atoms with van der Waals surface area (Å²) in [5, 5.41) is 3.40. The summed E-state index contributed by atoms with van der Waals surface area (Å²) in [6, 6.07) is -0.115. The fourth-order valence-corrected chi connectivity index (χ4v) is 1.32. The van der Waals surface area contributed by atoms with Crippen molar-refractivity contribution in [3.8, 4) is 0 Å². The van der Waals surface area contributed by atoms with Gasteiger partial charge in [0.1, 0.15) is 6.33 Å². The lowest BCUT2D eigenvalue weighted by Gasteiger charge is -2.08. The molecule has 1 N–H and O–H groups in total. The molecule has 0 saturated heterocycles. The molecule has 1 heterocycles. The van der Waals surface area contributed by atoms with Gasteiger partial charge in [-0.05, 0) is 12.7 Å². The highest BCUT2D eigenvalue weighted by Crippen LogP contribution is 2.07. The minimum Gasteiger partial charge on any atom is -0.337 e. The molecule has 0 bridgehead atoms.